The number of likely N-dealkylation sites (tertiary alicyclic amines) is 1. The van der Waals surface area contributed by atoms with Crippen molar-refractivity contribution in [3.05, 3.63) is 93.8 Å². The number of hydrogen-bond acceptors (Lipinski definition) is 9. The Labute approximate surface area is 363 Å². The molecular formula is C48H54ClN7O5. The fraction of sp³-hybridized carbons (Fsp3) is 0.500. The van der Waals surface area contributed by atoms with Crippen LogP contribution in [-0.2, 0) is 9.59 Å². The van der Waals surface area contributed by atoms with Crippen LogP contribution in [0.2, 0.25) is 5.02 Å². The number of piperidine rings is 2. The number of piperazine rings is 1. The second-order valence-corrected chi connectivity index (χ2v) is 19.2. The summed E-state index contributed by atoms with van der Waals surface area (Å²) in [5, 5.41) is 0.491. The van der Waals surface area contributed by atoms with E-state index in [1.54, 1.807) is 12.1 Å². The summed E-state index contributed by atoms with van der Waals surface area (Å²) in [5.41, 5.74) is 5.10. The zero-order valence-corrected chi connectivity index (χ0v) is 36.0. The van der Waals surface area contributed by atoms with Gasteiger partial charge in [0.15, 0.2) is 5.78 Å². The van der Waals surface area contributed by atoms with Gasteiger partial charge in [-0.1, -0.05) is 17.7 Å². The first-order chi connectivity index (χ1) is 29.3. The third kappa shape index (κ3) is 7.91. The number of carbonyl (C=O) groups excluding carboxylic acids is 5. The zero-order chi connectivity index (χ0) is 42.6. The molecule has 3 amide bonds. The second kappa shape index (κ2) is 16.2. The Kier molecular flexibility index (Phi) is 10.9. The van der Waals surface area contributed by atoms with Crippen LogP contribution in [0.15, 0.2) is 60.7 Å². The van der Waals surface area contributed by atoms with Crippen LogP contribution in [0, 0.1) is 17.9 Å². The number of anilines is 3. The Balaban J connectivity index is 0.722. The van der Waals surface area contributed by atoms with Crippen molar-refractivity contribution in [2.45, 2.75) is 76.8 Å². The minimum atomic E-state index is -0.856. The van der Waals surface area contributed by atoms with Crippen molar-refractivity contribution in [3.63, 3.8) is 0 Å². The number of ketones is 2. The van der Waals surface area contributed by atoms with Crippen molar-refractivity contribution in [2.75, 3.05) is 80.1 Å². The van der Waals surface area contributed by atoms with Gasteiger partial charge in [0.05, 0.1) is 30.2 Å². The second-order valence-electron chi connectivity index (χ2n) is 18.8. The predicted molar refractivity (Wildman–Crippen MR) is 236 cm³/mol. The molecule has 0 N–H and O–H groups in total. The lowest BCUT2D eigenvalue weighted by Crippen LogP contribution is -2.49. The molecule has 1 saturated carbocycles. The van der Waals surface area contributed by atoms with Gasteiger partial charge in [0.1, 0.15) is 5.78 Å². The highest BCUT2D eigenvalue weighted by molar-refractivity contribution is 6.33. The van der Waals surface area contributed by atoms with Crippen LogP contribution in [0.3, 0.4) is 0 Å². The van der Waals surface area contributed by atoms with E-state index in [4.69, 9.17) is 18.2 Å². The number of nitrogens with zero attached hydrogens (tertiary/aromatic N) is 7. The average Bonchev–Trinajstić information content (AvgIpc) is 3.67. The molecule has 61 heavy (non-hydrogen) atoms. The molecule has 0 radical (unpaired) electrons. The smallest absolute Gasteiger partial charge is 0.262 e. The number of benzene rings is 3. The Morgan fingerprint density at radius 1 is 0.770 bits per heavy atom. The average molecular weight is 844 g/mol. The molecule has 6 aliphatic rings. The van der Waals surface area contributed by atoms with Crippen LogP contribution < -0.4 is 14.7 Å². The van der Waals surface area contributed by atoms with Gasteiger partial charge in [-0.3, -0.25) is 33.8 Å². The van der Waals surface area contributed by atoms with Crippen LogP contribution in [-0.4, -0.2) is 121 Å². The number of rotatable bonds is 7. The Bertz CT molecular complexity index is 2300. The van der Waals surface area contributed by atoms with E-state index in [0.717, 1.165) is 125 Å². The maximum Gasteiger partial charge on any atom is 0.262 e. The van der Waals surface area contributed by atoms with Gasteiger partial charge in [-0.05, 0) is 118 Å². The van der Waals surface area contributed by atoms with E-state index in [2.05, 4.69) is 50.4 Å². The molecule has 0 aromatic heterocycles. The summed E-state index contributed by atoms with van der Waals surface area (Å²) in [6, 6.07) is 18.5. The number of imide groups is 1. The standard InChI is InChI=1S/C48H54ClN7O5/c1-47(2)30-48(31-55(47)36-9-12-41(50-3)40(49)27-36)16-20-54(21-17-48)44(59)33-4-6-34(7-5-33)53-24-22-51(23-25-53)29-32-14-18-52(19-15-32)35-8-11-38-39(26-35)46(61)56(45(38)60)42-13-10-37(57)28-43(42)58/h4-9,11-12,26-27,32,42H,10,13-25,28-31H2,1-2H3. The minimum Gasteiger partial charge on any atom is -0.371 e. The largest absolute Gasteiger partial charge is 0.371 e. The molecule has 13 heteroatoms. The van der Waals surface area contributed by atoms with E-state index in [-0.39, 0.29) is 47.7 Å². The fourth-order valence-corrected chi connectivity index (χ4v) is 11.3. The molecule has 318 valence electrons. The minimum absolute atomic E-state index is 0.0520. The molecule has 3 aromatic carbocycles. The van der Waals surface area contributed by atoms with Crippen LogP contribution in [0.5, 0.6) is 0 Å². The lowest BCUT2D eigenvalue weighted by molar-refractivity contribution is -0.132. The predicted octanol–water partition coefficient (Wildman–Crippen LogP) is 7.13. The molecule has 9 rings (SSSR count). The van der Waals surface area contributed by atoms with Crippen molar-refractivity contribution in [3.8, 4) is 0 Å². The molecule has 1 atom stereocenters. The van der Waals surface area contributed by atoms with E-state index in [1.807, 2.05) is 41.3 Å². The number of carbonyl (C=O) groups is 5. The SMILES string of the molecule is [C-]#[N+]c1ccc(N2CC3(CCN(C(=O)c4ccc(N5CCN(CC6CCN(c7ccc8c(c7)C(=O)N(C7CCC(=O)CC7=O)C8=O)CC6)CC5)cc4)CC3)CC2(C)C)cc1Cl. The number of halogens is 1. The van der Waals surface area contributed by atoms with Gasteiger partial charge in [-0.2, -0.15) is 0 Å². The summed E-state index contributed by atoms with van der Waals surface area (Å²) in [7, 11) is 0. The first-order valence-corrected chi connectivity index (χ1v) is 22.3. The topological polar surface area (TPSA) is 109 Å². The van der Waals surface area contributed by atoms with Crippen LogP contribution >= 0.6 is 11.6 Å². The lowest BCUT2D eigenvalue weighted by Gasteiger charge is -2.40. The maximum atomic E-state index is 13.7. The molecule has 0 bridgehead atoms. The first kappa shape index (κ1) is 41.1. The lowest BCUT2D eigenvalue weighted by atomic mass is 9.74. The maximum absolute atomic E-state index is 13.7. The highest BCUT2D eigenvalue weighted by Crippen LogP contribution is 2.50. The Morgan fingerprint density at radius 3 is 2.10 bits per heavy atom. The monoisotopic (exact) mass is 843 g/mol. The number of amides is 3. The summed E-state index contributed by atoms with van der Waals surface area (Å²) in [5.74, 6) is -0.685. The molecule has 1 aliphatic carbocycles. The van der Waals surface area contributed by atoms with Crippen LogP contribution in [0.1, 0.15) is 96.3 Å². The van der Waals surface area contributed by atoms with Gasteiger partial charge in [0, 0.05) is 105 Å². The molecule has 4 saturated heterocycles. The van der Waals surface area contributed by atoms with Gasteiger partial charge >= 0.3 is 0 Å². The highest BCUT2D eigenvalue weighted by Gasteiger charge is 2.50. The summed E-state index contributed by atoms with van der Waals surface area (Å²) < 4.78 is 0. The fourth-order valence-electron chi connectivity index (χ4n) is 11.1. The van der Waals surface area contributed by atoms with Crippen LogP contribution in [0.25, 0.3) is 4.85 Å². The Hall–Kier alpha value is -5.25. The zero-order valence-electron chi connectivity index (χ0n) is 35.2. The molecule has 12 nitrogen and oxygen atoms in total. The molecule has 1 unspecified atom stereocenters. The molecule has 5 fully saturated rings. The quantitative estimate of drug-likeness (QED) is 0.140. The first-order valence-electron chi connectivity index (χ1n) is 21.9. The van der Waals surface area contributed by atoms with Crippen molar-refractivity contribution >= 4 is 63.6 Å². The van der Waals surface area contributed by atoms with Crippen molar-refractivity contribution in [1.29, 1.82) is 0 Å². The summed E-state index contributed by atoms with van der Waals surface area (Å²) in [6.45, 7) is 20.9. The summed E-state index contributed by atoms with van der Waals surface area (Å²) in [6.07, 6.45) is 5.25. The number of Topliss-reactive ketones (excluding diaryl/α,β-unsaturated/α-hetero) is 2. The van der Waals surface area contributed by atoms with E-state index in [0.29, 0.717) is 27.8 Å². The molecular weight excluding hydrogens is 790 g/mol. The highest BCUT2D eigenvalue weighted by atomic mass is 35.5. The van der Waals surface area contributed by atoms with E-state index in [1.165, 1.54) is 0 Å². The van der Waals surface area contributed by atoms with Gasteiger partial charge < -0.3 is 19.6 Å². The molecule has 1 spiro atoms. The summed E-state index contributed by atoms with van der Waals surface area (Å²) >= 11 is 6.42. The van der Waals surface area contributed by atoms with Crippen molar-refractivity contribution in [1.82, 2.24) is 14.7 Å². The van der Waals surface area contributed by atoms with Gasteiger partial charge in [-0.25, -0.2) is 4.85 Å². The van der Waals surface area contributed by atoms with Gasteiger partial charge in [-0.15, -0.1) is 0 Å². The van der Waals surface area contributed by atoms with E-state index in [9.17, 15) is 24.0 Å². The third-order valence-corrected chi connectivity index (χ3v) is 14.8. The third-order valence-electron chi connectivity index (χ3n) is 14.5. The molecule has 5 heterocycles. The number of fused-ring (bicyclic) bond motifs is 1. The van der Waals surface area contributed by atoms with Gasteiger partial charge in [0.2, 0.25) is 5.69 Å². The molecule has 5 aliphatic heterocycles. The van der Waals surface area contributed by atoms with Crippen LogP contribution in [0.4, 0.5) is 22.7 Å². The summed E-state index contributed by atoms with van der Waals surface area (Å²) in [4.78, 5) is 80.9. The molecule has 3 aromatic rings. The number of hydrogen-bond donors (Lipinski definition) is 0. The van der Waals surface area contributed by atoms with Crippen molar-refractivity contribution < 1.29 is 24.0 Å². The van der Waals surface area contributed by atoms with Crippen molar-refractivity contribution in [2.24, 2.45) is 11.3 Å². The van der Waals surface area contributed by atoms with E-state index < -0.39 is 17.9 Å². The Morgan fingerprint density at radius 2 is 1.43 bits per heavy atom. The normalized spacial score (nSPS) is 23.2. The van der Waals surface area contributed by atoms with Gasteiger partial charge in [0.25, 0.3) is 17.7 Å². The van der Waals surface area contributed by atoms with E-state index >= 15 is 0 Å².